The number of benzene rings is 1. The number of carbonyl (C=O) groups excluding carboxylic acids is 1. The van der Waals surface area contributed by atoms with Gasteiger partial charge in [-0.25, -0.2) is 8.42 Å². The molecule has 2 bridgehead atoms. The molecular formula is C20H22BrN3O4S. The van der Waals surface area contributed by atoms with E-state index >= 15 is 0 Å². The van der Waals surface area contributed by atoms with E-state index in [4.69, 9.17) is 4.52 Å². The summed E-state index contributed by atoms with van der Waals surface area (Å²) in [6.07, 6.45) is 5.05. The molecule has 9 heteroatoms. The van der Waals surface area contributed by atoms with E-state index in [0.29, 0.717) is 29.3 Å². The lowest BCUT2D eigenvalue weighted by atomic mass is 9.99. The van der Waals surface area contributed by atoms with Gasteiger partial charge in [0.25, 0.3) is 5.91 Å². The Morgan fingerprint density at radius 2 is 1.76 bits per heavy atom. The summed E-state index contributed by atoms with van der Waals surface area (Å²) in [4.78, 5) is 12.9. The average molecular weight is 480 g/mol. The zero-order valence-electron chi connectivity index (χ0n) is 15.8. The number of sulfonamides is 1. The van der Waals surface area contributed by atoms with Crippen LogP contribution < -0.4 is 5.32 Å². The standard InChI is InChI=1S/C20H22BrN3O4S/c21-13-3-7-17(8-4-13)29(26,27)24-15-5-6-16(24)10-14(9-15)22-20(25)18-11-19(28-23-18)12-1-2-12/h3-4,7-8,11-12,14-16H,1-2,5-6,9-10H2,(H,22,25)/t14-,15+,16-. The summed E-state index contributed by atoms with van der Waals surface area (Å²) in [6, 6.07) is 8.25. The first kappa shape index (κ1) is 19.3. The van der Waals surface area contributed by atoms with Gasteiger partial charge in [-0.1, -0.05) is 21.1 Å². The second kappa shape index (κ2) is 7.21. The number of piperidine rings is 1. The summed E-state index contributed by atoms with van der Waals surface area (Å²) >= 11 is 3.35. The van der Waals surface area contributed by atoms with E-state index in [2.05, 4.69) is 26.4 Å². The number of carbonyl (C=O) groups is 1. The third-order valence-electron chi connectivity index (χ3n) is 6.13. The number of halogens is 1. The zero-order valence-corrected chi connectivity index (χ0v) is 18.2. The second-order valence-electron chi connectivity index (χ2n) is 8.20. The van der Waals surface area contributed by atoms with Crippen molar-refractivity contribution in [3.63, 3.8) is 0 Å². The van der Waals surface area contributed by atoms with E-state index in [1.165, 1.54) is 0 Å². The minimum atomic E-state index is -3.55. The van der Waals surface area contributed by atoms with Crippen LogP contribution in [0.3, 0.4) is 0 Å². The molecule has 7 nitrogen and oxygen atoms in total. The fourth-order valence-corrected chi connectivity index (χ4v) is 6.74. The molecule has 5 rings (SSSR count). The molecule has 1 amide bonds. The molecule has 1 aromatic heterocycles. The smallest absolute Gasteiger partial charge is 0.273 e. The Bertz CT molecular complexity index is 1020. The quantitative estimate of drug-likeness (QED) is 0.708. The van der Waals surface area contributed by atoms with Crippen LogP contribution in [0.1, 0.15) is 60.7 Å². The lowest BCUT2D eigenvalue weighted by molar-refractivity contribution is 0.0900. The summed E-state index contributed by atoms with van der Waals surface area (Å²) in [5.41, 5.74) is 0.309. The first-order valence-corrected chi connectivity index (χ1v) is 12.2. The van der Waals surface area contributed by atoms with Crippen molar-refractivity contribution in [3.8, 4) is 0 Å². The molecule has 2 aliphatic heterocycles. The number of hydrogen-bond donors (Lipinski definition) is 1. The highest BCUT2D eigenvalue weighted by Gasteiger charge is 2.47. The fraction of sp³-hybridized carbons (Fsp3) is 0.500. The summed E-state index contributed by atoms with van der Waals surface area (Å²) in [5.74, 6) is 0.951. The molecule has 154 valence electrons. The van der Waals surface area contributed by atoms with E-state index < -0.39 is 10.0 Å². The highest BCUT2D eigenvalue weighted by molar-refractivity contribution is 9.10. The Labute approximate surface area is 178 Å². The second-order valence-corrected chi connectivity index (χ2v) is 11.0. The van der Waals surface area contributed by atoms with Crippen molar-refractivity contribution in [2.45, 2.75) is 67.5 Å². The molecule has 2 saturated heterocycles. The third kappa shape index (κ3) is 3.64. The van der Waals surface area contributed by atoms with Crippen molar-refractivity contribution in [2.24, 2.45) is 0 Å². The van der Waals surface area contributed by atoms with E-state index in [-0.39, 0.29) is 24.0 Å². The van der Waals surface area contributed by atoms with Gasteiger partial charge in [0.2, 0.25) is 10.0 Å². The van der Waals surface area contributed by atoms with E-state index in [9.17, 15) is 13.2 Å². The maximum Gasteiger partial charge on any atom is 0.273 e. The minimum Gasteiger partial charge on any atom is -0.360 e. The zero-order chi connectivity index (χ0) is 20.2. The van der Waals surface area contributed by atoms with Crippen LogP contribution in [-0.4, -0.2) is 41.9 Å². The Kier molecular flexibility index (Phi) is 4.79. The van der Waals surface area contributed by atoms with Crippen molar-refractivity contribution >= 4 is 31.9 Å². The van der Waals surface area contributed by atoms with Gasteiger partial charge in [0.1, 0.15) is 5.76 Å². The van der Waals surface area contributed by atoms with Crippen molar-refractivity contribution < 1.29 is 17.7 Å². The number of aromatic nitrogens is 1. The van der Waals surface area contributed by atoms with Crippen molar-refractivity contribution in [3.05, 3.63) is 46.3 Å². The van der Waals surface area contributed by atoms with Crippen LogP contribution in [0.25, 0.3) is 0 Å². The molecule has 3 heterocycles. The Hall–Kier alpha value is -1.71. The van der Waals surface area contributed by atoms with E-state index in [1.54, 1.807) is 34.6 Å². The summed E-state index contributed by atoms with van der Waals surface area (Å²) in [6.45, 7) is 0. The molecule has 2 aromatic rings. The predicted octanol–water partition coefficient (Wildman–Crippen LogP) is 3.43. The Morgan fingerprint density at radius 1 is 1.10 bits per heavy atom. The molecule has 0 radical (unpaired) electrons. The van der Waals surface area contributed by atoms with Crippen molar-refractivity contribution in [1.82, 2.24) is 14.8 Å². The monoisotopic (exact) mass is 479 g/mol. The molecule has 0 unspecified atom stereocenters. The van der Waals surface area contributed by atoms with Gasteiger partial charge in [-0.15, -0.1) is 0 Å². The fourth-order valence-electron chi connectivity index (χ4n) is 4.59. The highest BCUT2D eigenvalue weighted by atomic mass is 79.9. The number of nitrogens with zero attached hydrogens (tertiary/aromatic N) is 2. The first-order valence-electron chi connectivity index (χ1n) is 9.98. The van der Waals surface area contributed by atoms with Gasteiger partial charge < -0.3 is 9.84 Å². The molecule has 1 aromatic carbocycles. The molecule has 3 atom stereocenters. The van der Waals surface area contributed by atoms with Crippen LogP contribution in [-0.2, 0) is 10.0 Å². The highest BCUT2D eigenvalue weighted by Crippen LogP contribution is 2.41. The van der Waals surface area contributed by atoms with Crippen LogP contribution in [0.4, 0.5) is 0 Å². The minimum absolute atomic E-state index is 0.0579. The molecule has 3 aliphatic rings. The summed E-state index contributed by atoms with van der Waals surface area (Å²) in [7, 11) is -3.55. The lowest BCUT2D eigenvalue weighted by Crippen LogP contribution is -2.52. The van der Waals surface area contributed by atoms with Crippen LogP contribution in [0.2, 0.25) is 0 Å². The first-order chi connectivity index (χ1) is 13.9. The van der Waals surface area contributed by atoms with Gasteiger partial charge in [0.15, 0.2) is 5.69 Å². The maximum absolute atomic E-state index is 13.2. The van der Waals surface area contributed by atoms with Crippen LogP contribution in [0, 0.1) is 0 Å². The van der Waals surface area contributed by atoms with Crippen LogP contribution in [0.15, 0.2) is 44.2 Å². The van der Waals surface area contributed by atoms with E-state index in [1.807, 2.05) is 0 Å². The predicted molar refractivity (Wildman–Crippen MR) is 109 cm³/mol. The van der Waals surface area contributed by atoms with Gasteiger partial charge in [0, 0.05) is 34.6 Å². The molecule has 1 aliphatic carbocycles. The maximum atomic E-state index is 13.2. The largest absolute Gasteiger partial charge is 0.360 e. The number of rotatable bonds is 5. The van der Waals surface area contributed by atoms with Gasteiger partial charge >= 0.3 is 0 Å². The number of hydrogen-bond acceptors (Lipinski definition) is 5. The normalized spacial score (nSPS) is 27.1. The number of fused-ring (bicyclic) bond motifs is 2. The SMILES string of the molecule is O=C(N[C@H]1C[C@H]2CC[C@@H](C1)N2S(=O)(=O)c1ccc(Br)cc1)c1cc(C2CC2)on1. The lowest BCUT2D eigenvalue weighted by Gasteiger charge is -2.38. The van der Waals surface area contributed by atoms with Crippen molar-refractivity contribution in [2.75, 3.05) is 0 Å². The van der Waals surface area contributed by atoms with Gasteiger partial charge in [-0.3, -0.25) is 4.79 Å². The van der Waals surface area contributed by atoms with Gasteiger partial charge in [-0.05, 0) is 62.8 Å². The van der Waals surface area contributed by atoms with Gasteiger partial charge in [0.05, 0.1) is 4.90 Å². The third-order valence-corrected chi connectivity index (χ3v) is 8.68. The van der Waals surface area contributed by atoms with Crippen molar-refractivity contribution in [1.29, 1.82) is 0 Å². The molecule has 29 heavy (non-hydrogen) atoms. The molecular weight excluding hydrogens is 458 g/mol. The molecule has 1 saturated carbocycles. The molecule has 0 spiro atoms. The van der Waals surface area contributed by atoms with Crippen LogP contribution >= 0.6 is 15.9 Å². The summed E-state index contributed by atoms with van der Waals surface area (Å²) < 4.78 is 34.1. The number of amides is 1. The number of nitrogens with one attached hydrogen (secondary N) is 1. The van der Waals surface area contributed by atoms with Crippen LogP contribution in [0.5, 0.6) is 0 Å². The molecule has 3 fully saturated rings. The Balaban J connectivity index is 1.28. The van der Waals surface area contributed by atoms with Gasteiger partial charge in [-0.2, -0.15) is 4.31 Å². The topological polar surface area (TPSA) is 92.5 Å². The average Bonchev–Trinajstić information content (AvgIpc) is 3.34. The van der Waals surface area contributed by atoms with E-state index in [0.717, 1.165) is 35.9 Å². The Morgan fingerprint density at radius 3 is 2.38 bits per heavy atom. The summed E-state index contributed by atoms with van der Waals surface area (Å²) in [5, 5.41) is 6.94. The molecule has 1 N–H and O–H groups in total.